The number of ether oxygens (including phenoxy) is 2. The van der Waals surface area contributed by atoms with E-state index in [9.17, 15) is 0 Å². The highest BCUT2D eigenvalue weighted by Crippen LogP contribution is 2.27. The minimum atomic E-state index is 0.242. The van der Waals surface area contributed by atoms with Crippen molar-refractivity contribution in [1.29, 1.82) is 0 Å². The number of methoxy groups -OCH3 is 2. The second-order valence-corrected chi connectivity index (χ2v) is 5.09. The molecule has 1 N–H and O–H groups in total. The van der Waals surface area contributed by atoms with Gasteiger partial charge in [-0.1, -0.05) is 30.3 Å². The molecule has 0 aliphatic carbocycles. The van der Waals surface area contributed by atoms with Crippen LogP contribution in [0.2, 0.25) is 0 Å². The summed E-state index contributed by atoms with van der Waals surface area (Å²) in [6.45, 7) is 2.07. The SMILES string of the molecule is CNC(Cc1ccccc1OC)c1ccc(OC)c(C)c1. The maximum Gasteiger partial charge on any atom is 0.122 e. The molecule has 3 heteroatoms. The zero-order valence-corrected chi connectivity index (χ0v) is 13.1. The maximum atomic E-state index is 5.44. The minimum absolute atomic E-state index is 0.242. The molecule has 2 rings (SSSR count). The Kier molecular flexibility index (Phi) is 5.23. The molecule has 0 bridgehead atoms. The van der Waals surface area contributed by atoms with E-state index in [-0.39, 0.29) is 6.04 Å². The summed E-state index contributed by atoms with van der Waals surface area (Å²) in [5, 5.41) is 3.39. The van der Waals surface area contributed by atoms with E-state index >= 15 is 0 Å². The Morgan fingerprint density at radius 3 is 2.33 bits per heavy atom. The Hall–Kier alpha value is -2.00. The second-order valence-electron chi connectivity index (χ2n) is 5.09. The summed E-state index contributed by atoms with van der Waals surface area (Å²) in [4.78, 5) is 0. The van der Waals surface area contributed by atoms with E-state index < -0.39 is 0 Å². The molecule has 2 aromatic carbocycles. The van der Waals surface area contributed by atoms with Gasteiger partial charge in [0.1, 0.15) is 11.5 Å². The molecule has 112 valence electrons. The van der Waals surface area contributed by atoms with E-state index in [1.165, 1.54) is 11.1 Å². The smallest absolute Gasteiger partial charge is 0.122 e. The highest BCUT2D eigenvalue weighted by molar-refractivity contribution is 5.39. The van der Waals surface area contributed by atoms with Gasteiger partial charge in [-0.3, -0.25) is 0 Å². The lowest BCUT2D eigenvalue weighted by Gasteiger charge is -2.19. The van der Waals surface area contributed by atoms with Crippen LogP contribution in [-0.2, 0) is 6.42 Å². The molecule has 1 atom stereocenters. The van der Waals surface area contributed by atoms with Crippen LogP contribution in [0.1, 0.15) is 22.7 Å². The third-order valence-corrected chi connectivity index (χ3v) is 3.79. The summed E-state index contributed by atoms with van der Waals surface area (Å²) in [6, 6.07) is 14.7. The van der Waals surface area contributed by atoms with Gasteiger partial charge in [-0.2, -0.15) is 0 Å². The first-order valence-corrected chi connectivity index (χ1v) is 7.13. The van der Waals surface area contributed by atoms with Crippen LogP contribution in [0.4, 0.5) is 0 Å². The number of nitrogens with one attached hydrogen (secondary N) is 1. The van der Waals surface area contributed by atoms with Crippen molar-refractivity contribution in [3.05, 3.63) is 59.2 Å². The summed E-state index contributed by atoms with van der Waals surface area (Å²) in [5.41, 5.74) is 3.60. The van der Waals surface area contributed by atoms with Crippen LogP contribution in [-0.4, -0.2) is 21.3 Å². The summed E-state index contributed by atoms with van der Waals surface area (Å²) in [5.74, 6) is 1.86. The molecule has 0 aromatic heterocycles. The predicted octanol–water partition coefficient (Wildman–Crippen LogP) is 3.52. The Balaban J connectivity index is 2.25. The third-order valence-electron chi connectivity index (χ3n) is 3.79. The molecule has 2 aromatic rings. The number of hydrogen-bond acceptors (Lipinski definition) is 3. The number of aryl methyl sites for hydroxylation is 1. The molecule has 0 heterocycles. The largest absolute Gasteiger partial charge is 0.496 e. The Labute approximate surface area is 126 Å². The van der Waals surface area contributed by atoms with Crippen LogP contribution in [0, 0.1) is 6.92 Å². The zero-order valence-electron chi connectivity index (χ0n) is 13.1. The van der Waals surface area contributed by atoms with Crippen LogP contribution in [0.25, 0.3) is 0 Å². The summed E-state index contributed by atoms with van der Waals surface area (Å²) >= 11 is 0. The number of likely N-dealkylation sites (N-methyl/N-ethyl adjacent to an activating group) is 1. The third kappa shape index (κ3) is 3.56. The molecular formula is C18H23NO2. The first kappa shape index (κ1) is 15.4. The van der Waals surface area contributed by atoms with Gasteiger partial charge >= 0.3 is 0 Å². The van der Waals surface area contributed by atoms with E-state index in [4.69, 9.17) is 9.47 Å². The topological polar surface area (TPSA) is 30.5 Å². The van der Waals surface area contributed by atoms with Gasteiger partial charge in [-0.15, -0.1) is 0 Å². The van der Waals surface area contributed by atoms with Crippen molar-refractivity contribution >= 4 is 0 Å². The van der Waals surface area contributed by atoms with Crippen molar-refractivity contribution in [2.24, 2.45) is 0 Å². The van der Waals surface area contributed by atoms with Crippen molar-refractivity contribution in [3.63, 3.8) is 0 Å². The van der Waals surface area contributed by atoms with E-state index in [1.807, 2.05) is 31.3 Å². The number of benzene rings is 2. The van der Waals surface area contributed by atoms with Gasteiger partial charge in [0.2, 0.25) is 0 Å². The molecule has 0 radical (unpaired) electrons. The summed E-state index contributed by atoms with van der Waals surface area (Å²) in [7, 11) is 5.40. The number of rotatable bonds is 6. The van der Waals surface area contributed by atoms with Gasteiger partial charge in [0.05, 0.1) is 14.2 Å². The molecule has 1 unspecified atom stereocenters. The van der Waals surface area contributed by atoms with Crippen molar-refractivity contribution in [2.75, 3.05) is 21.3 Å². The van der Waals surface area contributed by atoms with Crippen molar-refractivity contribution in [3.8, 4) is 11.5 Å². The monoisotopic (exact) mass is 285 g/mol. The van der Waals surface area contributed by atoms with Crippen molar-refractivity contribution in [1.82, 2.24) is 5.32 Å². The fourth-order valence-corrected chi connectivity index (χ4v) is 2.60. The second kappa shape index (κ2) is 7.14. The Morgan fingerprint density at radius 1 is 1.00 bits per heavy atom. The average molecular weight is 285 g/mol. The van der Waals surface area contributed by atoms with Crippen molar-refractivity contribution < 1.29 is 9.47 Å². The molecule has 0 aliphatic heterocycles. The molecule has 0 fully saturated rings. The van der Waals surface area contributed by atoms with Crippen molar-refractivity contribution in [2.45, 2.75) is 19.4 Å². The van der Waals surface area contributed by atoms with Gasteiger partial charge in [-0.25, -0.2) is 0 Å². The summed E-state index contributed by atoms with van der Waals surface area (Å²) in [6.07, 6.45) is 0.881. The van der Waals surface area contributed by atoms with Crippen LogP contribution in [0.5, 0.6) is 11.5 Å². The van der Waals surface area contributed by atoms with Crippen LogP contribution >= 0.6 is 0 Å². The lowest BCUT2D eigenvalue weighted by molar-refractivity contribution is 0.406. The van der Waals surface area contributed by atoms with Crippen LogP contribution < -0.4 is 14.8 Å². The van der Waals surface area contributed by atoms with E-state index in [2.05, 4.69) is 30.4 Å². The van der Waals surface area contributed by atoms with Crippen LogP contribution in [0.3, 0.4) is 0 Å². The minimum Gasteiger partial charge on any atom is -0.496 e. The standard InChI is InChI=1S/C18H23NO2/c1-13-11-14(9-10-17(13)20-3)16(19-2)12-15-7-5-6-8-18(15)21-4/h5-11,16,19H,12H2,1-4H3. The quantitative estimate of drug-likeness (QED) is 0.881. The normalized spacial score (nSPS) is 12.0. The van der Waals surface area contributed by atoms with Gasteiger partial charge < -0.3 is 14.8 Å². The molecule has 0 saturated carbocycles. The maximum absolute atomic E-state index is 5.44. The van der Waals surface area contributed by atoms with Gasteiger partial charge in [0, 0.05) is 6.04 Å². The van der Waals surface area contributed by atoms with Crippen LogP contribution in [0.15, 0.2) is 42.5 Å². The Bertz CT molecular complexity index is 596. The lowest BCUT2D eigenvalue weighted by Crippen LogP contribution is -2.19. The number of hydrogen-bond donors (Lipinski definition) is 1. The lowest BCUT2D eigenvalue weighted by atomic mass is 9.97. The molecule has 3 nitrogen and oxygen atoms in total. The molecule has 0 spiro atoms. The highest BCUT2D eigenvalue weighted by atomic mass is 16.5. The number of para-hydroxylation sites is 1. The van der Waals surface area contributed by atoms with E-state index in [1.54, 1.807) is 14.2 Å². The molecule has 0 aliphatic rings. The van der Waals surface area contributed by atoms with Gasteiger partial charge in [-0.05, 0) is 49.2 Å². The highest BCUT2D eigenvalue weighted by Gasteiger charge is 2.14. The fraction of sp³-hybridized carbons (Fsp3) is 0.333. The first-order chi connectivity index (χ1) is 10.2. The van der Waals surface area contributed by atoms with E-state index in [0.717, 1.165) is 23.5 Å². The summed E-state index contributed by atoms with van der Waals surface area (Å²) < 4.78 is 10.8. The zero-order chi connectivity index (χ0) is 15.2. The molecular weight excluding hydrogens is 262 g/mol. The van der Waals surface area contributed by atoms with E-state index in [0.29, 0.717) is 0 Å². The fourth-order valence-electron chi connectivity index (χ4n) is 2.60. The average Bonchev–Trinajstić information content (AvgIpc) is 2.52. The Morgan fingerprint density at radius 2 is 1.71 bits per heavy atom. The molecule has 0 amide bonds. The molecule has 21 heavy (non-hydrogen) atoms. The molecule has 0 saturated heterocycles. The van der Waals surface area contributed by atoms with Gasteiger partial charge in [0.25, 0.3) is 0 Å². The predicted molar refractivity (Wildman–Crippen MR) is 86.2 cm³/mol. The first-order valence-electron chi connectivity index (χ1n) is 7.13. The van der Waals surface area contributed by atoms with Gasteiger partial charge in [0.15, 0.2) is 0 Å².